The number of benzene rings is 1. The molecule has 1 N–H and O–H groups in total. The molecule has 0 spiro atoms. The van der Waals surface area contributed by atoms with Crippen LogP contribution >= 0.6 is 11.8 Å². The topological polar surface area (TPSA) is 30.5 Å². The first kappa shape index (κ1) is 17.2. The number of hydrogen-bond acceptors (Lipinski definition) is 4. The molecule has 0 fully saturated rings. The fourth-order valence-electron chi connectivity index (χ4n) is 1.61. The van der Waals surface area contributed by atoms with Gasteiger partial charge >= 0.3 is 0 Å². The van der Waals surface area contributed by atoms with Crippen molar-refractivity contribution in [1.29, 1.82) is 0 Å². The Bertz CT molecular complexity index is 382. The Kier molecular flexibility index (Phi) is 8.57. The van der Waals surface area contributed by atoms with Gasteiger partial charge in [0, 0.05) is 26.0 Å². The van der Waals surface area contributed by atoms with Crippen LogP contribution in [0.3, 0.4) is 0 Å². The molecule has 0 aliphatic rings. The smallest absolute Gasteiger partial charge is 0.190 e. The zero-order valence-corrected chi connectivity index (χ0v) is 12.7. The maximum absolute atomic E-state index is 13.8. The average Bonchev–Trinajstić information content (AvgIpc) is 2.42. The molecule has 20 heavy (non-hydrogen) atoms. The number of thioether (sulfide) groups is 1. The predicted octanol–water partition coefficient (Wildman–Crippen LogP) is 2.83. The van der Waals surface area contributed by atoms with Gasteiger partial charge in [0.1, 0.15) is 0 Å². The van der Waals surface area contributed by atoms with Crippen LogP contribution in [0.1, 0.15) is 12.5 Å². The molecule has 0 bridgehead atoms. The maximum Gasteiger partial charge on any atom is 0.190 e. The molecule has 0 saturated carbocycles. The highest BCUT2D eigenvalue weighted by Gasteiger charge is 2.12. The van der Waals surface area contributed by atoms with Crippen molar-refractivity contribution >= 4 is 11.8 Å². The molecule has 0 unspecified atom stereocenters. The minimum absolute atomic E-state index is 0.289. The summed E-state index contributed by atoms with van der Waals surface area (Å²) in [5.74, 6) is 0.0725. The van der Waals surface area contributed by atoms with Crippen molar-refractivity contribution in [2.75, 3.05) is 38.4 Å². The molecule has 1 rings (SSSR count). The van der Waals surface area contributed by atoms with Crippen molar-refractivity contribution in [3.8, 4) is 5.75 Å². The fourth-order valence-corrected chi connectivity index (χ4v) is 2.10. The Labute approximate surface area is 123 Å². The number of halogens is 2. The molecule has 1 aromatic rings. The Morgan fingerprint density at radius 1 is 1.20 bits per heavy atom. The third-order valence-electron chi connectivity index (χ3n) is 2.55. The van der Waals surface area contributed by atoms with Crippen LogP contribution in [0.2, 0.25) is 0 Å². The van der Waals surface area contributed by atoms with E-state index in [2.05, 4.69) is 5.32 Å². The quantitative estimate of drug-likeness (QED) is 0.673. The van der Waals surface area contributed by atoms with Crippen molar-refractivity contribution in [3.63, 3.8) is 0 Å². The molecule has 6 heteroatoms. The molecule has 0 amide bonds. The second kappa shape index (κ2) is 9.96. The van der Waals surface area contributed by atoms with Crippen LogP contribution in [0.25, 0.3) is 0 Å². The third kappa shape index (κ3) is 6.07. The summed E-state index contributed by atoms with van der Waals surface area (Å²) in [5.41, 5.74) is 0.548. The van der Waals surface area contributed by atoms with E-state index in [4.69, 9.17) is 9.47 Å². The summed E-state index contributed by atoms with van der Waals surface area (Å²) < 4.78 is 37.6. The number of ether oxygens (including phenoxy) is 2. The Hall–Kier alpha value is -0.850. The first-order valence-corrected chi connectivity index (χ1v) is 7.72. The molecule has 0 heterocycles. The Morgan fingerprint density at radius 2 is 1.90 bits per heavy atom. The van der Waals surface area contributed by atoms with Gasteiger partial charge in [0.2, 0.25) is 0 Å². The maximum atomic E-state index is 13.8. The zero-order valence-electron chi connectivity index (χ0n) is 11.9. The Morgan fingerprint density at radius 3 is 2.50 bits per heavy atom. The van der Waals surface area contributed by atoms with Gasteiger partial charge in [0.15, 0.2) is 17.4 Å². The van der Waals surface area contributed by atoms with Crippen LogP contribution in [-0.4, -0.2) is 38.4 Å². The summed E-state index contributed by atoms with van der Waals surface area (Å²) in [7, 11) is 1.60. The summed E-state index contributed by atoms with van der Waals surface area (Å²) in [6.07, 6.45) is 0. The minimum Gasteiger partial charge on any atom is -0.487 e. The molecule has 0 aromatic heterocycles. The second-order valence-corrected chi connectivity index (χ2v) is 5.50. The summed E-state index contributed by atoms with van der Waals surface area (Å²) in [6.45, 7) is 3.91. The highest BCUT2D eigenvalue weighted by Crippen LogP contribution is 2.23. The van der Waals surface area contributed by atoms with Gasteiger partial charge in [-0.25, -0.2) is 8.78 Å². The summed E-state index contributed by atoms with van der Waals surface area (Å²) >= 11 is 1.67. The van der Waals surface area contributed by atoms with Crippen molar-refractivity contribution in [3.05, 3.63) is 29.3 Å². The third-order valence-corrected chi connectivity index (χ3v) is 3.41. The second-order valence-electron chi connectivity index (χ2n) is 4.10. The lowest BCUT2D eigenvalue weighted by Crippen LogP contribution is -2.18. The SMILES string of the molecule is CCSCCOc1c(F)cc(CNCCOC)cc1F. The molecule has 0 aliphatic heterocycles. The van der Waals surface area contributed by atoms with Gasteiger partial charge < -0.3 is 14.8 Å². The molecule has 0 saturated heterocycles. The number of hydrogen-bond donors (Lipinski definition) is 1. The van der Waals surface area contributed by atoms with Crippen molar-refractivity contribution in [2.24, 2.45) is 0 Å². The normalized spacial score (nSPS) is 10.8. The van der Waals surface area contributed by atoms with Gasteiger partial charge in [0.05, 0.1) is 13.2 Å². The zero-order chi connectivity index (χ0) is 14.8. The van der Waals surface area contributed by atoms with E-state index in [0.29, 0.717) is 31.9 Å². The minimum atomic E-state index is -0.657. The van der Waals surface area contributed by atoms with E-state index in [0.717, 1.165) is 11.5 Å². The highest BCUT2D eigenvalue weighted by molar-refractivity contribution is 7.99. The molecule has 1 aromatic carbocycles. The van der Waals surface area contributed by atoms with Gasteiger partial charge in [0.25, 0.3) is 0 Å². The van der Waals surface area contributed by atoms with E-state index < -0.39 is 11.6 Å². The van der Waals surface area contributed by atoms with E-state index in [-0.39, 0.29) is 5.75 Å². The summed E-state index contributed by atoms with van der Waals surface area (Å²) in [6, 6.07) is 2.59. The first-order valence-electron chi connectivity index (χ1n) is 6.57. The molecular weight excluding hydrogens is 284 g/mol. The average molecular weight is 305 g/mol. The Balaban J connectivity index is 2.52. The molecule has 3 nitrogen and oxygen atoms in total. The van der Waals surface area contributed by atoms with E-state index in [9.17, 15) is 8.78 Å². The summed E-state index contributed by atoms with van der Waals surface area (Å²) in [5, 5.41) is 3.03. The molecule has 0 radical (unpaired) electrons. The lowest BCUT2D eigenvalue weighted by molar-refractivity contribution is 0.199. The van der Waals surface area contributed by atoms with Crippen molar-refractivity contribution in [1.82, 2.24) is 5.32 Å². The van der Waals surface area contributed by atoms with Crippen LogP contribution in [0.15, 0.2) is 12.1 Å². The van der Waals surface area contributed by atoms with E-state index in [1.54, 1.807) is 18.9 Å². The van der Waals surface area contributed by atoms with Crippen LogP contribution in [-0.2, 0) is 11.3 Å². The van der Waals surface area contributed by atoms with Crippen LogP contribution in [0, 0.1) is 11.6 Å². The fraction of sp³-hybridized carbons (Fsp3) is 0.571. The van der Waals surface area contributed by atoms with Gasteiger partial charge in [-0.1, -0.05) is 6.92 Å². The van der Waals surface area contributed by atoms with E-state index in [1.807, 2.05) is 6.92 Å². The van der Waals surface area contributed by atoms with Crippen molar-refractivity contribution in [2.45, 2.75) is 13.5 Å². The standard InChI is InChI=1S/C14H21F2NO2S/c1-3-20-7-6-19-14-12(15)8-11(9-13(14)16)10-17-4-5-18-2/h8-9,17H,3-7,10H2,1-2H3. The van der Waals surface area contributed by atoms with Gasteiger partial charge in [-0.05, 0) is 23.4 Å². The van der Waals surface area contributed by atoms with E-state index in [1.165, 1.54) is 12.1 Å². The van der Waals surface area contributed by atoms with Crippen molar-refractivity contribution < 1.29 is 18.3 Å². The lowest BCUT2D eigenvalue weighted by atomic mass is 10.2. The largest absolute Gasteiger partial charge is 0.487 e. The molecule has 114 valence electrons. The lowest BCUT2D eigenvalue weighted by Gasteiger charge is -2.10. The van der Waals surface area contributed by atoms with Crippen LogP contribution < -0.4 is 10.1 Å². The summed E-state index contributed by atoms with van der Waals surface area (Å²) in [4.78, 5) is 0. The van der Waals surface area contributed by atoms with Crippen LogP contribution in [0.5, 0.6) is 5.75 Å². The number of nitrogens with one attached hydrogen (secondary N) is 1. The highest BCUT2D eigenvalue weighted by atomic mass is 32.2. The first-order chi connectivity index (χ1) is 9.69. The van der Waals surface area contributed by atoms with Gasteiger partial charge in [-0.15, -0.1) is 0 Å². The molecule has 0 atom stereocenters. The predicted molar refractivity (Wildman–Crippen MR) is 78.4 cm³/mol. The molecular formula is C14H21F2NO2S. The monoisotopic (exact) mass is 305 g/mol. The van der Waals surface area contributed by atoms with Gasteiger partial charge in [-0.3, -0.25) is 0 Å². The number of methoxy groups -OCH3 is 1. The number of rotatable bonds is 10. The van der Waals surface area contributed by atoms with Crippen LogP contribution in [0.4, 0.5) is 8.78 Å². The van der Waals surface area contributed by atoms with Gasteiger partial charge in [-0.2, -0.15) is 11.8 Å². The molecule has 0 aliphatic carbocycles. The van der Waals surface area contributed by atoms with E-state index >= 15 is 0 Å².